The minimum Gasteiger partial charge on any atom is -0.481 e. The second kappa shape index (κ2) is 6.49. The first-order chi connectivity index (χ1) is 9.61. The van der Waals surface area contributed by atoms with Crippen molar-refractivity contribution in [3.8, 4) is 0 Å². The molecule has 7 nitrogen and oxygen atoms in total. The summed E-state index contributed by atoms with van der Waals surface area (Å²) < 4.78 is 4.60. The van der Waals surface area contributed by atoms with Crippen molar-refractivity contribution in [3.63, 3.8) is 0 Å². The molecule has 1 amide bonds. The van der Waals surface area contributed by atoms with Crippen molar-refractivity contribution >= 4 is 11.9 Å². The van der Waals surface area contributed by atoms with Gasteiger partial charge in [-0.2, -0.15) is 4.98 Å². The zero-order chi connectivity index (χ0) is 14.5. The van der Waals surface area contributed by atoms with Gasteiger partial charge in [0.15, 0.2) is 5.82 Å². The summed E-state index contributed by atoms with van der Waals surface area (Å²) in [6.45, 7) is 2.41. The van der Waals surface area contributed by atoms with E-state index in [0.717, 1.165) is 6.42 Å². The Hall–Kier alpha value is -1.92. The van der Waals surface area contributed by atoms with E-state index in [1.165, 1.54) is 6.39 Å². The monoisotopic (exact) mass is 281 g/mol. The molecular formula is C13H19N3O4. The number of nitrogens with zero attached hydrogens (tertiary/aromatic N) is 2. The van der Waals surface area contributed by atoms with E-state index >= 15 is 0 Å². The fourth-order valence-corrected chi connectivity index (χ4v) is 2.77. The maximum absolute atomic E-state index is 12.1. The lowest BCUT2D eigenvalue weighted by molar-refractivity contribution is -0.146. The zero-order valence-electron chi connectivity index (χ0n) is 11.4. The highest BCUT2D eigenvalue weighted by Gasteiger charge is 2.41. The Morgan fingerprint density at radius 1 is 1.45 bits per heavy atom. The van der Waals surface area contributed by atoms with E-state index < -0.39 is 17.8 Å². The predicted octanol–water partition coefficient (Wildman–Crippen LogP) is 0.865. The van der Waals surface area contributed by atoms with Crippen LogP contribution >= 0.6 is 0 Å². The van der Waals surface area contributed by atoms with Crippen molar-refractivity contribution in [1.82, 2.24) is 15.5 Å². The Morgan fingerprint density at radius 3 is 2.80 bits per heavy atom. The van der Waals surface area contributed by atoms with Gasteiger partial charge in [-0.3, -0.25) is 9.59 Å². The lowest BCUT2D eigenvalue weighted by Crippen LogP contribution is -2.36. The Bertz CT molecular complexity index is 460. The van der Waals surface area contributed by atoms with Gasteiger partial charge in [0.2, 0.25) is 12.3 Å². The van der Waals surface area contributed by atoms with Crippen molar-refractivity contribution in [3.05, 3.63) is 12.2 Å². The van der Waals surface area contributed by atoms with E-state index in [0.29, 0.717) is 37.5 Å². The summed E-state index contributed by atoms with van der Waals surface area (Å²) >= 11 is 0. The summed E-state index contributed by atoms with van der Waals surface area (Å²) in [5.74, 6) is -1.20. The molecule has 7 heteroatoms. The maximum Gasteiger partial charge on any atom is 0.307 e. The Labute approximate surface area is 116 Å². The van der Waals surface area contributed by atoms with Crippen LogP contribution in [0, 0.1) is 17.8 Å². The number of aliphatic carboxylic acids is 1. The number of carbonyl (C=O) groups is 2. The molecule has 110 valence electrons. The lowest BCUT2D eigenvalue weighted by atomic mass is 9.95. The third-order valence-electron chi connectivity index (χ3n) is 3.95. The molecule has 1 aliphatic rings. The molecule has 1 unspecified atom stereocenters. The molecule has 1 fully saturated rings. The molecule has 20 heavy (non-hydrogen) atoms. The van der Waals surface area contributed by atoms with Gasteiger partial charge in [-0.05, 0) is 18.8 Å². The third kappa shape index (κ3) is 3.34. The number of rotatable bonds is 6. The molecule has 0 aliphatic heterocycles. The van der Waals surface area contributed by atoms with E-state index in [1.807, 2.05) is 6.92 Å². The van der Waals surface area contributed by atoms with Gasteiger partial charge in [-0.25, -0.2) is 0 Å². The first-order valence-corrected chi connectivity index (χ1v) is 6.87. The topological polar surface area (TPSA) is 105 Å². The van der Waals surface area contributed by atoms with Gasteiger partial charge in [0.25, 0.3) is 0 Å². The molecule has 1 aromatic rings. The summed E-state index contributed by atoms with van der Waals surface area (Å²) in [5.41, 5.74) is 0. The quantitative estimate of drug-likeness (QED) is 0.801. The molecule has 1 heterocycles. The summed E-state index contributed by atoms with van der Waals surface area (Å²) in [6, 6.07) is 0. The van der Waals surface area contributed by atoms with Crippen LogP contribution < -0.4 is 5.32 Å². The van der Waals surface area contributed by atoms with Crippen LogP contribution in [0.2, 0.25) is 0 Å². The van der Waals surface area contributed by atoms with Crippen LogP contribution in [-0.4, -0.2) is 33.7 Å². The average molecular weight is 281 g/mol. The Balaban J connectivity index is 1.85. The van der Waals surface area contributed by atoms with Crippen LogP contribution in [0.25, 0.3) is 0 Å². The highest BCUT2D eigenvalue weighted by molar-refractivity contribution is 5.85. The fraction of sp³-hybridized carbons (Fsp3) is 0.692. The van der Waals surface area contributed by atoms with Gasteiger partial charge in [-0.15, -0.1) is 0 Å². The van der Waals surface area contributed by atoms with E-state index in [1.54, 1.807) is 0 Å². The van der Waals surface area contributed by atoms with Gasteiger partial charge in [0.05, 0.1) is 11.8 Å². The Morgan fingerprint density at radius 2 is 2.20 bits per heavy atom. The van der Waals surface area contributed by atoms with Crippen LogP contribution in [0.4, 0.5) is 0 Å². The van der Waals surface area contributed by atoms with E-state index in [-0.39, 0.29) is 5.91 Å². The average Bonchev–Trinajstić information content (AvgIpc) is 3.07. The smallest absolute Gasteiger partial charge is 0.307 e. The van der Waals surface area contributed by atoms with Gasteiger partial charge >= 0.3 is 5.97 Å². The summed E-state index contributed by atoms with van der Waals surface area (Å²) in [6.07, 6.45) is 3.87. The van der Waals surface area contributed by atoms with Gasteiger partial charge in [0.1, 0.15) is 0 Å². The number of carbonyl (C=O) groups excluding carboxylic acids is 1. The first kappa shape index (κ1) is 14.5. The maximum atomic E-state index is 12.1. The van der Waals surface area contributed by atoms with Gasteiger partial charge in [0, 0.05) is 13.0 Å². The highest BCUT2D eigenvalue weighted by Crippen LogP contribution is 2.38. The first-order valence-electron chi connectivity index (χ1n) is 6.87. The van der Waals surface area contributed by atoms with Crippen molar-refractivity contribution < 1.29 is 19.2 Å². The molecule has 0 radical (unpaired) electrons. The second-order valence-corrected chi connectivity index (χ2v) is 5.19. The number of aromatic nitrogens is 2. The number of amides is 1. The van der Waals surface area contributed by atoms with Crippen LogP contribution in [0.3, 0.4) is 0 Å². The molecular weight excluding hydrogens is 262 g/mol. The summed E-state index contributed by atoms with van der Waals surface area (Å²) in [7, 11) is 0. The summed E-state index contributed by atoms with van der Waals surface area (Å²) in [4.78, 5) is 27.2. The minimum atomic E-state index is -0.876. The van der Waals surface area contributed by atoms with Gasteiger partial charge < -0.3 is 14.9 Å². The summed E-state index contributed by atoms with van der Waals surface area (Å²) in [5, 5.41) is 15.6. The van der Waals surface area contributed by atoms with Crippen molar-refractivity contribution in [2.45, 2.75) is 32.6 Å². The number of hydrogen-bond donors (Lipinski definition) is 2. The SMILES string of the molecule is CCC1C[C@H](C(=O)NCCc2ncon2)[C@H](C(=O)O)C1. The van der Waals surface area contributed by atoms with Crippen LogP contribution in [-0.2, 0) is 16.0 Å². The van der Waals surface area contributed by atoms with E-state index in [2.05, 4.69) is 20.0 Å². The molecule has 2 N–H and O–H groups in total. The van der Waals surface area contributed by atoms with Crippen molar-refractivity contribution in [2.75, 3.05) is 6.54 Å². The highest BCUT2D eigenvalue weighted by atomic mass is 16.5. The van der Waals surface area contributed by atoms with Crippen LogP contribution in [0.1, 0.15) is 32.0 Å². The molecule has 1 saturated carbocycles. The van der Waals surface area contributed by atoms with E-state index in [4.69, 9.17) is 0 Å². The van der Waals surface area contributed by atoms with Crippen LogP contribution in [0.5, 0.6) is 0 Å². The molecule has 3 atom stereocenters. The molecule has 0 spiro atoms. The van der Waals surface area contributed by atoms with Crippen molar-refractivity contribution in [2.24, 2.45) is 17.8 Å². The third-order valence-corrected chi connectivity index (χ3v) is 3.95. The zero-order valence-corrected chi connectivity index (χ0v) is 11.4. The predicted molar refractivity (Wildman–Crippen MR) is 68.6 cm³/mol. The molecule has 1 aliphatic carbocycles. The number of hydrogen-bond acceptors (Lipinski definition) is 5. The van der Waals surface area contributed by atoms with Crippen molar-refractivity contribution in [1.29, 1.82) is 0 Å². The van der Waals surface area contributed by atoms with Crippen LogP contribution in [0.15, 0.2) is 10.9 Å². The van der Waals surface area contributed by atoms with Gasteiger partial charge in [-0.1, -0.05) is 18.5 Å². The molecule has 1 aromatic heterocycles. The lowest BCUT2D eigenvalue weighted by Gasteiger charge is -2.15. The standard InChI is InChI=1S/C13H19N3O4/c1-2-8-5-9(10(6-8)13(18)19)12(17)14-4-3-11-15-7-20-16-11/h7-10H,2-6H2,1H3,(H,14,17)(H,18,19)/t8?,9-,10+/m0/s1. The number of carboxylic acid groups (broad SMARTS) is 1. The Kier molecular flexibility index (Phi) is 4.70. The van der Waals surface area contributed by atoms with E-state index in [9.17, 15) is 14.7 Å². The number of carboxylic acids is 1. The largest absolute Gasteiger partial charge is 0.481 e. The number of nitrogens with one attached hydrogen (secondary N) is 1. The molecule has 2 rings (SSSR count). The fourth-order valence-electron chi connectivity index (χ4n) is 2.77. The molecule has 0 bridgehead atoms. The second-order valence-electron chi connectivity index (χ2n) is 5.19. The molecule has 0 aromatic carbocycles. The molecule has 0 saturated heterocycles. The normalized spacial score (nSPS) is 25.6. The minimum absolute atomic E-state index is 0.183.